The molecule has 0 bridgehead atoms. The molecule has 0 spiro atoms. The van der Waals surface area contributed by atoms with Gasteiger partial charge >= 0.3 is 0 Å². The zero-order valence-electron chi connectivity index (χ0n) is 13.0. The first kappa shape index (κ1) is 16.7. The van der Waals surface area contributed by atoms with Crippen molar-refractivity contribution < 1.29 is 14.3 Å². The van der Waals surface area contributed by atoms with Crippen LogP contribution < -0.4 is 4.90 Å². The van der Waals surface area contributed by atoms with Crippen LogP contribution in [0.25, 0.3) is 11.1 Å². The molecule has 0 saturated carbocycles. The molecule has 2 rings (SSSR count). The highest BCUT2D eigenvalue weighted by Gasteiger charge is 2.22. The first-order valence-corrected chi connectivity index (χ1v) is 7.06. The summed E-state index contributed by atoms with van der Waals surface area (Å²) in [5.41, 5.74) is 1.14. The van der Waals surface area contributed by atoms with E-state index in [2.05, 4.69) is 6.07 Å². The van der Waals surface area contributed by atoms with Crippen LogP contribution >= 0.6 is 0 Å². The molecule has 0 aromatic heterocycles. The zero-order chi connectivity index (χ0) is 17.0. The molecule has 0 aliphatic carbocycles. The molecule has 0 saturated heterocycles. The van der Waals surface area contributed by atoms with Crippen LogP contribution in [0, 0.1) is 17.1 Å². The number of carbonyl (C=O) groups excluding carboxylic acids is 1. The number of aliphatic hydroxyl groups is 1. The largest absolute Gasteiger partial charge is 0.381 e. The molecule has 1 N–H and O–H groups in total. The third-order valence-electron chi connectivity index (χ3n) is 3.53. The molecule has 2 aromatic carbocycles. The summed E-state index contributed by atoms with van der Waals surface area (Å²) in [7, 11) is 1.74. The van der Waals surface area contributed by atoms with E-state index in [4.69, 9.17) is 0 Å². The fraction of sp³-hybridized carbons (Fsp3) is 0.222. The highest BCUT2D eigenvalue weighted by molar-refractivity contribution is 5.75. The Morgan fingerprint density at radius 2 is 1.96 bits per heavy atom. The van der Waals surface area contributed by atoms with Crippen molar-refractivity contribution in [2.75, 3.05) is 18.5 Å². The second kappa shape index (κ2) is 6.59. The van der Waals surface area contributed by atoms with Gasteiger partial charge in [0.1, 0.15) is 11.4 Å². The molecule has 0 aliphatic heterocycles. The second-order valence-electron chi connectivity index (χ2n) is 5.68. The molecule has 5 heteroatoms. The minimum Gasteiger partial charge on any atom is -0.381 e. The maximum absolute atomic E-state index is 13.1. The lowest BCUT2D eigenvalue weighted by Gasteiger charge is -2.26. The summed E-state index contributed by atoms with van der Waals surface area (Å²) >= 11 is 0. The Bertz CT molecular complexity index is 749. The fourth-order valence-corrected chi connectivity index (χ4v) is 2.34. The molecular formula is C18H17FN2O2. The van der Waals surface area contributed by atoms with Crippen molar-refractivity contribution in [3.05, 3.63) is 53.8 Å². The standard InChI is InChI=1S/C18H17FN2O2/c1-18(23,12-22)11-21(2)16-8-5-14(10-20)17(9-16)13-3-6-15(19)7-4-13/h3-9,12,23H,11H2,1-2H3/t18-/m0/s1. The van der Waals surface area contributed by atoms with Crippen molar-refractivity contribution in [2.45, 2.75) is 12.5 Å². The average Bonchev–Trinajstić information content (AvgIpc) is 2.54. The van der Waals surface area contributed by atoms with Gasteiger partial charge in [0.25, 0.3) is 0 Å². The molecule has 23 heavy (non-hydrogen) atoms. The van der Waals surface area contributed by atoms with Crippen molar-refractivity contribution in [3.8, 4) is 17.2 Å². The number of anilines is 1. The van der Waals surface area contributed by atoms with Gasteiger partial charge in [-0.25, -0.2) is 4.39 Å². The maximum atomic E-state index is 13.1. The third kappa shape index (κ3) is 3.93. The average molecular weight is 312 g/mol. The summed E-state index contributed by atoms with van der Waals surface area (Å²) in [6, 6.07) is 13.2. The fourth-order valence-electron chi connectivity index (χ4n) is 2.34. The van der Waals surface area contributed by atoms with Gasteiger partial charge < -0.3 is 14.8 Å². The number of nitriles is 1. The van der Waals surface area contributed by atoms with E-state index < -0.39 is 5.60 Å². The first-order chi connectivity index (χ1) is 10.9. The van der Waals surface area contributed by atoms with Gasteiger partial charge in [-0.3, -0.25) is 0 Å². The van der Waals surface area contributed by atoms with E-state index in [1.54, 1.807) is 42.3 Å². The van der Waals surface area contributed by atoms with Gasteiger partial charge in [0.05, 0.1) is 18.2 Å². The van der Waals surface area contributed by atoms with Gasteiger partial charge in [-0.1, -0.05) is 12.1 Å². The van der Waals surface area contributed by atoms with Crippen LogP contribution in [0.4, 0.5) is 10.1 Å². The van der Waals surface area contributed by atoms with Gasteiger partial charge in [0.15, 0.2) is 6.29 Å². The predicted octanol–water partition coefficient (Wildman–Crippen LogP) is 2.75. The van der Waals surface area contributed by atoms with Crippen molar-refractivity contribution >= 4 is 12.0 Å². The Morgan fingerprint density at radius 3 is 2.52 bits per heavy atom. The van der Waals surface area contributed by atoms with Crippen LogP contribution in [0.5, 0.6) is 0 Å². The second-order valence-corrected chi connectivity index (χ2v) is 5.68. The monoisotopic (exact) mass is 312 g/mol. The topological polar surface area (TPSA) is 64.3 Å². The quantitative estimate of drug-likeness (QED) is 0.862. The number of hydrogen-bond donors (Lipinski definition) is 1. The smallest absolute Gasteiger partial charge is 0.153 e. The van der Waals surface area contributed by atoms with E-state index in [0.29, 0.717) is 17.4 Å². The number of halogens is 1. The lowest BCUT2D eigenvalue weighted by Crippen LogP contribution is -2.40. The molecule has 118 valence electrons. The van der Waals surface area contributed by atoms with Crippen LogP contribution in [-0.4, -0.2) is 30.6 Å². The molecule has 0 aliphatic rings. The molecule has 0 unspecified atom stereocenters. The lowest BCUT2D eigenvalue weighted by atomic mass is 9.99. The van der Waals surface area contributed by atoms with Crippen LogP contribution in [0.1, 0.15) is 12.5 Å². The minimum absolute atomic E-state index is 0.116. The number of aldehydes is 1. The van der Waals surface area contributed by atoms with Crippen molar-refractivity contribution in [3.63, 3.8) is 0 Å². The van der Waals surface area contributed by atoms with Crippen LogP contribution in [0.2, 0.25) is 0 Å². The SMILES string of the molecule is CN(C[C@](C)(O)C=O)c1ccc(C#N)c(-c2ccc(F)cc2)c1. The van der Waals surface area contributed by atoms with E-state index in [1.807, 2.05) is 0 Å². The highest BCUT2D eigenvalue weighted by atomic mass is 19.1. The highest BCUT2D eigenvalue weighted by Crippen LogP contribution is 2.28. The molecule has 1 atom stereocenters. The number of rotatable bonds is 5. The summed E-state index contributed by atoms with van der Waals surface area (Å²) in [4.78, 5) is 12.6. The van der Waals surface area contributed by atoms with Gasteiger partial charge in [-0.2, -0.15) is 5.26 Å². The summed E-state index contributed by atoms with van der Waals surface area (Å²) in [6.07, 6.45) is 0.494. The van der Waals surface area contributed by atoms with E-state index in [9.17, 15) is 19.6 Å². The molecule has 0 heterocycles. The number of nitrogens with zero attached hydrogens (tertiary/aromatic N) is 2. The summed E-state index contributed by atoms with van der Waals surface area (Å²) in [6.45, 7) is 1.55. The Labute approximate surface area is 134 Å². The Balaban J connectivity index is 2.41. The molecule has 0 radical (unpaired) electrons. The molecule has 2 aromatic rings. The molecular weight excluding hydrogens is 295 g/mol. The van der Waals surface area contributed by atoms with Crippen molar-refractivity contribution in [1.82, 2.24) is 0 Å². The maximum Gasteiger partial charge on any atom is 0.153 e. The van der Waals surface area contributed by atoms with Gasteiger partial charge in [0, 0.05) is 18.3 Å². The van der Waals surface area contributed by atoms with Gasteiger partial charge in [-0.15, -0.1) is 0 Å². The van der Waals surface area contributed by atoms with Crippen LogP contribution in [0.15, 0.2) is 42.5 Å². The first-order valence-electron chi connectivity index (χ1n) is 7.06. The van der Waals surface area contributed by atoms with Crippen LogP contribution in [0.3, 0.4) is 0 Å². The van der Waals surface area contributed by atoms with Crippen molar-refractivity contribution in [1.29, 1.82) is 5.26 Å². The van der Waals surface area contributed by atoms with E-state index in [1.165, 1.54) is 19.1 Å². The molecule has 0 fully saturated rings. The Kier molecular flexibility index (Phi) is 4.77. The Morgan fingerprint density at radius 1 is 1.30 bits per heavy atom. The number of likely N-dealkylation sites (N-methyl/N-ethyl adjacent to an activating group) is 1. The molecule has 4 nitrogen and oxygen atoms in total. The van der Waals surface area contributed by atoms with Crippen LogP contribution in [-0.2, 0) is 4.79 Å². The summed E-state index contributed by atoms with van der Waals surface area (Å²) in [5, 5.41) is 19.1. The lowest BCUT2D eigenvalue weighted by molar-refractivity contribution is -0.121. The third-order valence-corrected chi connectivity index (χ3v) is 3.53. The summed E-state index contributed by atoms with van der Waals surface area (Å²) < 4.78 is 13.1. The van der Waals surface area contributed by atoms with Gasteiger partial charge in [0.2, 0.25) is 0 Å². The predicted molar refractivity (Wildman–Crippen MR) is 86.5 cm³/mol. The zero-order valence-corrected chi connectivity index (χ0v) is 13.0. The van der Waals surface area contributed by atoms with Gasteiger partial charge in [-0.05, 0) is 42.8 Å². The van der Waals surface area contributed by atoms with E-state index >= 15 is 0 Å². The van der Waals surface area contributed by atoms with E-state index in [0.717, 1.165) is 11.3 Å². The molecule has 0 amide bonds. The van der Waals surface area contributed by atoms with Crippen molar-refractivity contribution in [2.24, 2.45) is 0 Å². The number of hydrogen-bond acceptors (Lipinski definition) is 4. The number of carbonyl (C=O) groups is 1. The Hall–Kier alpha value is -2.71. The summed E-state index contributed by atoms with van der Waals surface area (Å²) in [5.74, 6) is -0.345. The number of benzene rings is 2. The van der Waals surface area contributed by atoms with E-state index in [-0.39, 0.29) is 12.4 Å². The minimum atomic E-state index is -1.46. The normalized spacial score (nSPS) is 13.0.